The van der Waals surface area contributed by atoms with Crippen LogP contribution in [0.4, 0.5) is 0 Å². The molecule has 0 aromatic heterocycles. The van der Waals surface area contributed by atoms with E-state index in [2.05, 4.69) is 81.5 Å². The number of allylic oxidation sites excluding steroid dienone is 10. The van der Waals surface area contributed by atoms with E-state index in [1.165, 1.54) is 225 Å². The molecular weight excluding hydrogens is 885 g/mol. The van der Waals surface area contributed by atoms with Crippen LogP contribution in [0.25, 0.3) is 0 Å². The van der Waals surface area contributed by atoms with Crippen molar-refractivity contribution >= 4 is 11.9 Å². The van der Waals surface area contributed by atoms with Gasteiger partial charge in [0.15, 0.2) is 6.10 Å². The zero-order valence-corrected chi connectivity index (χ0v) is 48.5. The quantitative estimate of drug-likeness (QED) is 0.0345. The summed E-state index contributed by atoms with van der Waals surface area (Å²) < 4.78 is 17.5. The Labute approximate surface area is 449 Å². The van der Waals surface area contributed by atoms with E-state index in [4.69, 9.17) is 14.2 Å². The van der Waals surface area contributed by atoms with Crippen LogP contribution in [0.15, 0.2) is 60.8 Å². The van der Waals surface area contributed by atoms with Crippen molar-refractivity contribution in [1.29, 1.82) is 0 Å². The minimum atomic E-state index is -0.545. The second kappa shape index (κ2) is 62.9. The summed E-state index contributed by atoms with van der Waals surface area (Å²) in [5, 5.41) is 0. The smallest absolute Gasteiger partial charge is 0.306 e. The summed E-state index contributed by atoms with van der Waals surface area (Å²) in [6.07, 6.45) is 81.1. The summed E-state index contributed by atoms with van der Waals surface area (Å²) in [7, 11) is 0. The Morgan fingerprint density at radius 1 is 0.306 bits per heavy atom. The average molecular weight is 1010 g/mol. The molecule has 0 bridgehead atoms. The fourth-order valence-corrected chi connectivity index (χ4v) is 9.26. The van der Waals surface area contributed by atoms with Crippen LogP contribution in [0.2, 0.25) is 0 Å². The van der Waals surface area contributed by atoms with Crippen molar-refractivity contribution in [2.75, 3.05) is 19.8 Å². The van der Waals surface area contributed by atoms with Crippen LogP contribution in [0.1, 0.15) is 329 Å². The molecule has 0 saturated heterocycles. The Kier molecular flexibility index (Phi) is 60.8. The molecule has 5 heteroatoms. The normalized spacial score (nSPS) is 12.5. The van der Waals surface area contributed by atoms with Crippen LogP contribution in [0.3, 0.4) is 0 Å². The van der Waals surface area contributed by atoms with Crippen molar-refractivity contribution in [2.45, 2.75) is 335 Å². The number of ether oxygens (including phenoxy) is 3. The third-order valence-electron chi connectivity index (χ3n) is 14.0. The average Bonchev–Trinajstić information content (AvgIpc) is 3.38. The Hall–Kier alpha value is -2.40. The first-order valence-electron chi connectivity index (χ1n) is 31.8. The third-order valence-corrected chi connectivity index (χ3v) is 14.0. The second-order valence-electron chi connectivity index (χ2n) is 21.3. The molecule has 0 fully saturated rings. The fourth-order valence-electron chi connectivity index (χ4n) is 9.26. The Balaban J connectivity index is 4.28. The maximum Gasteiger partial charge on any atom is 0.306 e. The molecule has 0 spiro atoms. The zero-order valence-electron chi connectivity index (χ0n) is 48.5. The summed E-state index contributed by atoms with van der Waals surface area (Å²) in [5.74, 6) is -0.397. The zero-order chi connectivity index (χ0) is 52.0. The van der Waals surface area contributed by atoms with Crippen molar-refractivity contribution in [1.82, 2.24) is 0 Å². The fraction of sp³-hybridized carbons (Fsp3) is 0.821. The predicted octanol–water partition coefficient (Wildman–Crippen LogP) is 22.0. The van der Waals surface area contributed by atoms with E-state index >= 15 is 0 Å². The van der Waals surface area contributed by atoms with Gasteiger partial charge in [0.1, 0.15) is 6.61 Å². The van der Waals surface area contributed by atoms with Gasteiger partial charge in [-0.25, -0.2) is 0 Å². The number of hydrogen-bond acceptors (Lipinski definition) is 5. The van der Waals surface area contributed by atoms with Gasteiger partial charge in [-0.05, 0) is 89.9 Å². The molecule has 0 saturated carbocycles. The topological polar surface area (TPSA) is 61.8 Å². The van der Waals surface area contributed by atoms with Crippen molar-refractivity contribution in [3.63, 3.8) is 0 Å². The monoisotopic (exact) mass is 1010 g/mol. The molecular formula is C67H122O5. The largest absolute Gasteiger partial charge is 0.462 e. The van der Waals surface area contributed by atoms with Crippen LogP contribution in [0, 0.1) is 0 Å². The van der Waals surface area contributed by atoms with E-state index < -0.39 is 6.10 Å². The first-order chi connectivity index (χ1) is 35.6. The van der Waals surface area contributed by atoms with Gasteiger partial charge in [0.2, 0.25) is 0 Å². The van der Waals surface area contributed by atoms with Gasteiger partial charge in [-0.15, -0.1) is 0 Å². The van der Waals surface area contributed by atoms with Crippen molar-refractivity contribution in [3.05, 3.63) is 60.8 Å². The molecule has 0 rings (SSSR count). The molecule has 0 aliphatic heterocycles. The Morgan fingerprint density at radius 3 is 0.958 bits per heavy atom. The van der Waals surface area contributed by atoms with Gasteiger partial charge < -0.3 is 14.2 Å². The van der Waals surface area contributed by atoms with Crippen LogP contribution >= 0.6 is 0 Å². The SMILES string of the molecule is CCCCC/C=C\C/C=C\C/C=C\CCCCCCCCC(=O)OCC(COCCCCCCCCCC/C=C\C/C=C\CCCCC)OC(=O)CCCCCCCCCCCCCCCCCCCCC. The summed E-state index contributed by atoms with van der Waals surface area (Å²) in [4.78, 5) is 25.6. The molecule has 0 aliphatic rings. The molecule has 1 unspecified atom stereocenters. The van der Waals surface area contributed by atoms with E-state index in [0.717, 1.165) is 70.6 Å². The van der Waals surface area contributed by atoms with Gasteiger partial charge in [-0.2, -0.15) is 0 Å². The minimum Gasteiger partial charge on any atom is -0.462 e. The summed E-state index contributed by atoms with van der Waals surface area (Å²) in [6.45, 7) is 7.81. The first kappa shape index (κ1) is 69.6. The van der Waals surface area contributed by atoms with Crippen LogP contribution in [0.5, 0.6) is 0 Å². The molecule has 0 N–H and O–H groups in total. The number of carbonyl (C=O) groups excluding carboxylic acids is 2. The Bertz CT molecular complexity index is 1230. The van der Waals surface area contributed by atoms with Crippen molar-refractivity contribution in [3.8, 4) is 0 Å². The van der Waals surface area contributed by atoms with Gasteiger partial charge in [0.25, 0.3) is 0 Å². The maximum absolute atomic E-state index is 12.9. The molecule has 0 aliphatic carbocycles. The molecule has 0 aromatic carbocycles. The van der Waals surface area contributed by atoms with Crippen molar-refractivity contribution < 1.29 is 23.8 Å². The van der Waals surface area contributed by atoms with E-state index in [0.29, 0.717) is 19.4 Å². The van der Waals surface area contributed by atoms with Crippen molar-refractivity contribution in [2.24, 2.45) is 0 Å². The molecule has 0 aromatic rings. The molecule has 0 radical (unpaired) electrons. The molecule has 0 amide bonds. The van der Waals surface area contributed by atoms with Crippen LogP contribution in [-0.4, -0.2) is 37.9 Å². The molecule has 1 atom stereocenters. The number of carbonyl (C=O) groups is 2. The molecule has 420 valence electrons. The molecule has 5 nitrogen and oxygen atoms in total. The second-order valence-corrected chi connectivity index (χ2v) is 21.3. The standard InChI is InChI=1S/C67H122O5/c1-4-7-10-13-16-19-22-25-28-31-34-36-39-42-45-48-51-54-57-60-66(68)71-64-65(63-70-62-59-56-53-50-47-44-41-38-33-30-27-24-21-18-15-12-9-6-3)72-67(69)61-58-55-52-49-46-43-40-37-35-32-29-26-23-20-17-14-11-8-5-2/h16,18-19,21,25,27-28,30,34,36,65H,4-15,17,20,22-24,26,29,31-33,35,37-64H2,1-3H3/b19-16-,21-18-,28-25-,30-27-,36-34-. The van der Waals surface area contributed by atoms with Crippen LogP contribution < -0.4 is 0 Å². The highest BCUT2D eigenvalue weighted by Gasteiger charge is 2.18. The lowest BCUT2D eigenvalue weighted by atomic mass is 10.0. The summed E-state index contributed by atoms with van der Waals surface area (Å²) >= 11 is 0. The number of rotatable bonds is 59. The lowest BCUT2D eigenvalue weighted by Crippen LogP contribution is -2.30. The minimum absolute atomic E-state index is 0.0786. The third kappa shape index (κ3) is 60.2. The van der Waals surface area contributed by atoms with Gasteiger partial charge >= 0.3 is 11.9 Å². The van der Waals surface area contributed by atoms with Gasteiger partial charge in [0.05, 0.1) is 6.61 Å². The number of hydrogen-bond donors (Lipinski definition) is 0. The first-order valence-corrected chi connectivity index (χ1v) is 31.8. The van der Waals surface area contributed by atoms with Gasteiger partial charge in [-0.1, -0.05) is 287 Å². The van der Waals surface area contributed by atoms with E-state index in [1.54, 1.807) is 0 Å². The highest BCUT2D eigenvalue weighted by molar-refractivity contribution is 5.70. The predicted molar refractivity (Wildman–Crippen MR) is 316 cm³/mol. The molecule has 0 heterocycles. The van der Waals surface area contributed by atoms with E-state index in [9.17, 15) is 9.59 Å². The van der Waals surface area contributed by atoms with E-state index in [1.807, 2.05) is 0 Å². The van der Waals surface area contributed by atoms with Crippen LogP contribution in [-0.2, 0) is 23.8 Å². The van der Waals surface area contributed by atoms with E-state index in [-0.39, 0.29) is 25.2 Å². The van der Waals surface area contributed by atoms with Gasteiger partial charge in [0, 0.05) is 19.4 Å². The highest BCUT2D eigenvalue weighted by Crippen LogP contribution is 2.17. The summed E-state index contributed by atoms with van der Waals surface area (Å²) in [5.41, 5.74) is 0. The number of esters is 2. The lowest BCUT2D eigenvalue weighted by molar-refractivity contribution is -0.163. The molecule has 72 heavy (non-hydrogen) atoms. The van der Waals surface area contributed by atoms with Gasteiger partial charge in [-0.3, -0.25) is 9.59 Å². The highest BCUT2D eigenvalue weighted by atomic mass is 16.6. The number of unbranched alkanes of at least 4 members (excludes halogenated alkanes) is 38. The summed E-state index contributed by atoms with van der Waals surface area (Å²) in [6, 6.07) is 0. The lowest BCUT2D eigenvalue weighted by Gasteiger charge is -2.18. The Morgan fingerprint density at radius 2 is 0.583 bits per heavy atom. The maximum atomic E-state index is 12.9.